The summed E-state index contributed by atoms with van der Waals surface area (Å²) in [5, 5.41) is 13.9. The number of carbonyl (C=O) groups is 2. The van der Waals surface area contributed by atoms with Gasteiger partial charge in [-0.2, -0.15) is 0 Å². The van der Waals surface area contributed by atoms with Gasteiger partial charge in [-0.25, -0.2) is 0 Å². The summed E-state index contributed by atoms with van der Waals surface area (Å²) >= 11 is 5.97. The molecule has 2 aliphatic rings. The van der Waals surface area contributed by atoms with E-state index in [1.54, 1.807) is 29.2 Å². The van der Waals surface area contributed by atoms with E-state index in [9.17, 15) is 14.7 Å². The van der Waals surface area contributed by atoms with Crippen LogP contribution in [0.3, 0.4) is 0 Å². The first-order chi connectivity index (χ1) is 16.0. The number of carbonyl (C=O) groups excluding carboxylic acids is 2. The van der Waals surface area contributed by atoms with Crippen molar-refractivity contribution in [2.75, 3.05) is 39.4 Å². The highest BCUT2D eigenvalue weighted by atomic mass is 35.5. The van der Waals surface area contributed by atoms with Crippen LogP contribution in [0.5, 0.6) is 0 Å². The molecule has 2 aliphatic heterocycles. The number of aryl methyl sites for hydroxylation is 1. The molecule has 7 heteroatoms. The van der Waals surface area contributed by atoms with Gasteiger partial charge in [-0.15, -0.1) is 0 Å². The predicted molar refractivity (Wildman–Crippen MR) is 125 cm³/mol. The Balaban J connectivity index is 1.66. The molecule has 0 aromatic heterocycles. The molecule has 0 spiro atoms. The number of morpholine rings is 1. The van der Waals surface area contributed by atoms with Crippen molar-refractivity contribution >= 4 is 29.1 Å². The van der Waals surface area contributed by atoms with Crippen LogP contribution >= 0.6 is 11.6 Å². The lowest BCUT2D eigenvalue weighted by Gasteiger charge is -2.29. The average Bonchev–Trinajstić information content (AvgIpc) is 3.10. The predicted octanol–water partition coefficient (Wildman–Crippen LogP) is 1.43. The molecule has 0 bridgehead atoms. The zero-order valence-electron chi connectivity index (χ0n) is 18.8. The van der Waals surface area contributed by atoms with Crippen LogP contribution in [0.2, 0.25) is 5.02 Å². The van der Waals surface area contributed by atoms with Crippen LogP contribution in [0.15, 0.2) is 54.1 Å². The lowest BCUT2D eigenvalue weighted by Crippen LogP contribution is -3.14. The summed E-state index contributed by atoms with van der Waals surface area (Å²) in [4.78, 5) is 29.1. The molecule has 1 unspecified atom stereocenters. The third-order valence-corrected chi connectivity index (χ3v) is 6.72. The van der Waals surface area contributed by atoms with Crippen molar-refractivity contribution in [3.8, 4) is 0 Å². The minimum atomic E-state index is -0.710. The van der Waals surface area contributed by atoms with Crippen molar-refractivity contribution in [1.82, 2.24) is 4.90 Å². The number of hydrogen-bond acceptors (Lipinski definition) is 4. The molecular weight excluding hydrogens is 440 g/mol. The van der Waals surface area contributed by atoms with Gasteiger partial charge in [-0.05, 0) is 35.2 Å². The van der Waals surface area contributed by atoms with Crippen LogP contribution in [-0.2, 0) is 20.7 Å². The van der Waals surface area contributed by atoms with E-state index in [-0.39, 0.29) is 5.57 Å². The number of likely N-dealkylation sites (tertiary alicyclic amines) is 1. The fourth-order valence-corrected chi connectivity index (χ4v) is 4.68. The van der Waals surface area contributed by atoms with Gasteiger partial charge in [0.2, 0.25) is 5.78 Å². The van der Waals surface area contributed by atoms with Gasteiger partial charge in [-0.1, -0.05) is 60.7 Å². The topological polar surface area (TPSA) is 74.1 Å². The normalized spacial score (nSPS) is 21.0. The van der Waals surface area contributed by atoms with Gasteiger partial charge in [0, 0.05) is 23.6 Å². The summed E-state index contributed by atoms with van der Waals surface area (Å²) < 4.78 is 5.42. The highest BCUT2D eigenvalue weighted by molar-refractivity contribution is 6.46. The quantitative estimate of drug-likeness (QED) is 0.379. The van der Waals surface area contributed by atoms with E-state index in [1.165, 1.54) is 4.90 Å². The van der Waals surface area contributed by atoms with E-state index in [0.717, 1.165) is 56.8 Å². The van der Waals surface area contributed by atoms with Gasteiger partial charge in [0.15, 0.2) is 0 Å². The Hall–Kier alpha value is -2.67. The number of ketones is 1. The Kier molecular flexibility index (Phi) is 7.48. The SMILES string of the molecule is CCc1ccc(C2C(=C([O-])c3ccc(Cl)cc3)C(=O)C(=O)N2CCC[NH+]2CCOCC2)cc1. The summed E-state index contributed by atoms with van der Waals surface area (Å²) in [5.74, 6) is -1.73. The number of nitrogens with zero attached hydrogens (tertiary/aromatic N) is 1. The number of Topliss-reactive ketones (excluding diaryl/α,β-unsaturated/α-hetero) is 1. The molecule has 4 rings (SSSR count). The van der Waals surface area contributed by atoms with Crippen molar-refractivity contribution in [2.45, 2.75) is 25.8 Å². The maximum atomic E-state index is 13.4. The molecule has 0 aliphatic carbocycles. The van der Waals surface area contributed by atoms with E-state index in [0.29, 0.717) is 17.1 Å². The van der Waals surface area contributed by atoms with Crippen molar-refractivity contribution in [2.24, 2.45) is 0 Å². The lowest BCUT2D eigenvalue weighted by atomic mass is 9.94. The molecule has 2 aromatic carbocycles. The minimum Gasteiger partial charge on any atom is -0.872 e. The summed E-state index contributed by atoms with van der Waals surface area (Å²) in [6.07, 6.45) is 1.63. The average molecular weight is 469 g/mol. The van der Waals surface area contributed by atoms with Gasteiger partial charge < -0.3 is 19.6 Å². The Morgan fingerprint density at radius 2 is 1.76 bits per heavy atom. The Labute approximate surface area is 199 Å². The maximum Gasteiger partial charge on any atom is 0.295 e. The van der Waals surface area contributed by atoms with Gasteiger partial charge in [0.25, 0.3) is 5.91 Å². The van der Waals surface area contributed by atoms with E-state index >= 15 is 0 Å². The van der Waals surface area contributed by atoms with E-state index in [4.69, 9.17) is 16.3 Å². The van der Waals surface area contributed by atoms with Crippen LogP contribution in [0, 0.1) is 0 Å². The zero-order valence-corrected chi connectivity index (χ0v) is 19.6. The van der Waals surface area contributed by atoms with Gasteiger partial charge in [0.05, 0.1) is 25.8 Å². The third-order valence-electron chi connectivity index (χ3n) is 6.47. The molecule has 6 nitrogen and oxygen atoms in total. The Bertz CT molecular complexity index is 1030. The number of nitrogens with one attached hydrogen (secondary N) is 1. The summed E-state index contributed by atoms with van der Waals surface area (Å²) in [6.45, 7) is 6.77. The fraction of sp³-hybridized carbons (Fsp3) is 0.385. The van der Waals surface area contributed by atoms with Crippen molar-refractivity contribution in [3.05, 3.63) is 75.8 Å². The van der Waals surface area contributed by atoms with Crippen molar-refractivity contribution in [1.29, 1.82) is 0 Å². The number of rotatable bonds is 7. The first-order valence-corrected chi connectivity index (χ1v) is 11.9. The van der Waals surface area contributed by atoms with Gasteiger partial charge in [-0.3, -0.25) is 9.59 Å². The zero-order chi connectivity index (χ0) is 23.4. The molecule has 1 atom stereocenters. The highest BCUT2D eigenvalue weighted by Crippen LogP contribution is 2.38. The number of quaternary nitrogens is 1. The summed E-state index contributed by atoms with van der Waals surface area (Å²) in [5.41, 5.74) is 2.31. The van der Waals surface area contributed by atoms with Gasteiger partial charge >= 0.3 is 0 Å². The first-order valence-electron chi connectivity index (χ1n) is 11.5. The lowest BCUT2D eigenvalue weighted by molar-refractivity contribution is -0.908. The minimum absolute atomic E-state index is 0.0188. The molecule has 1 amide bonds. The largest absolute Gasteiger partial charge is 0.872 e. The summed E-state index contributed by atoms with van der Waals surface area (Å²) in [6, 6.07) is 13.6. The van der Waals surface area contributed by atoms with Gasteiger partial charge in [0.1, 0.15) is 13.1 Å². The van der Waals surface area contributed by atoms with Crippen molar-refractivity contribution < 1.29 is 24.3 Å². The van der Waals surface area contributed by atoms with E-state index < -0.39 is 23.5 Å². The number of amides is 1. The molecular formula is C26H29ClN2O4. The molecule has 174 valence electrons. The Morgan fingerprint density at radius 3 is 2.39 bits per heavy atom. The fourth-order valence-electron chi connectivity index (χ4n) is 4.55. The third kappa shape index (κ3) is 5.13. The second-order valence-corrected chi connectivity index (χ2v) is 8.98. The molecule has 33 heavy (non-hydrogen) atoms. The highest BCUT2D eigenvalue weighted by Gasteiger charge is 2.44. The smallest absolute Gasteiger partial charge is 0.295 e. The first kappa shape index (κ1) is 23.5. The molecule has 2 saturated heterocycles. The molecule has 0 radical (unpaired) electrons. The van der Waals surface area contributed by atoms with Crippen molar-refractivity contribution in [3.63, 3.8) is 0 Å². The summed E-state index contributed by atoms with van der Waals surface area (Å²) in [7, 11) is 0. The Morgan fingerprint density at radius 1 is 1.09 bits per heavy atom. The van der Waals surface area contributed by atoms with Crippen LogP contribution < -0.4 is 10.0 Å². The van der Waals surface area contributed by atoms with Crippen LogP contribution in [-0.4, -0.2) is 56.0 Å². The molecule has 2 fully saturated rings. The standard InChI is InChI=1S/C26H29ClN2O4/c1-2-18-4-6-19(7-5-18)23-22(24(30)20-8-10-21(27)11-9-20)25(31)26(32)29(23)13-3-12-28-14-16-33-17-15-28/h4-11,23,30H,2-3,12-17H2,1H3. The van der Waals surface area contributed by atoms with Crippen LogP contribution in [0.4, 0.5) is 0 Å². The number of hydrogen-bond donors (Lipinski definition) is 1. The number of ether oxygens (including phenoxy) is 1. The van der Waals surface area contributed by atoms with E-state index in [1.807, 2.05) is 24.3 Å². The second-order valence-electron chi connectivity index (χ2n) is 8.54. The number of halogens is 1. The van der Waals surface area contributed by atoms with E-state index in [2.05, 4.69) is 6.92 Å². The second kappa shape index (κ2) is 10.5. The van der Waals surface area contributed by atoms with Crippen LogP contribution in [0.25, 0.3) is 5.76 Å². The maximum absolute atomic E-state index is 13.4. The molecule has 1 N–H and O–H groups in total. The van der Waals surface area contributed by atoms with Crippen LogP contribution in [0.1, 0.15) is 36.1 Å². The molecule has 2 heterocycles. The molecule has 0 saturated carbocycles. The monoisotopic (exact) mass is 468 g/mol. The molecule has 2 aromatic rings. The number of benzene rings is 2.